The number of H-pyrrole nitrogens is 1. The molecule has 4 unspecified atom stereocenters. The molecule has 240 valence electrons. The van der Waals surface area contributed by atoms with Crippen molar-refractivity contribution in [2.75, 3.05) is 16.8 Å². The van der Waals surface area contributed by atoms with Gasteiger partial charge in [-0.25, -0.2) is 0 Å². The fourth-order valence-corrected chi connectivity index (χ4v) is 12.0. The van der Waals surface area contributed by atoms with Crippen molar-refractivity contribution in [1.82, 2.24) is 4.98 Å². The van der Waals surface area contributed by atoms with Crippen LogP contribution in [0.5, 0.6) is 5.75 Å². The second-order valence-corrected chi connectivity index (χ2v) is 16.0. The molecule has 9 rings (SSSR count). The molecule has 0 radical (unpaired) electrons. The Balaban J connectivity index is 1.04. The summed E-state index contributed by atoms with van der Waals surface area (Å²) in [5, 5.41) is 5.92. The highest BCUT2D eigenvalue weighted by Crippen LogP contribution is 2.69. The zero-order valence-electron chi connectivity index (χ0n) is 25.3. The number of fused-ring (bicyclic) bond motifs is 10. The highest BCUT2D eigenvalue weighted by molar-refractivity contribution is 9.10. The van der Waals surface area contributed by atoms with Gasteiger partial charge in [0.25, 0.3) is 5.91 Å². The Bertz CT molecular complexity index is 2200. The second kappa shape index (κ2) is 11.5. The van der Waals surface area contributed by atoms with E-state index in [2.05, 4.69) is 26.2 Å². The molecule has 2 bridgehead atoms. The predicted molar refractivity (Wildman–Crippen MR) is 190 cm³/mol. The molecule has 11 heteroatoms. The number of ether oxygens (including phenoxy) is 1. The lowest BCUT2D eigenvalue weighted by molar-refractivity contribution is -0.123. The fraction of sp³-hybridized carbons (Fsp3) is 0.243. The van der Waals surface area contributed by atoms with Crippen LogP contribution in [-0.2, 0) is 14.4 Å². The van der Waals surface area contributed by atoms with E-state index in [-0.39, 0.29) is 64.0 Å². The van der Waals surface area contributed by atoms with Gasteiger partial charge < -0.3 is 15.0 Å². The second-order valence-electron chi connectivity index (χ2n) is 12.9. The lowest BCUT2D eigenvalue weighted by Crippen LogP contribution is -2.42. The van der Waals surface area contributed by atoms with E-state index < -0.39 is 5.92 Å². The third-order valence-corrected chi connectivity index (χ3v) is 13.5. The maximum atomic E-state index is 14.0. The Morgan fingerprint density at radius 3 is 2.46 bits per heavy atom. The maximum Gasteiger partial charge on any atom is 0.305 e. The quantitative estimate of drug-likeness (QED) is 0.181. The Labute approximate surface area is 292 Å². The van der Waals surface area contributed by atoms with E-state index in [1.165, 1.54) is 16.2 Å². The maximum absolute atomic E-state index is 14.0. The van der Waals surface area contributed by atoms with Crippen LogP contribution in [0.2, 0.25) is 0 Å². The number of halogens is 1. The van der Waals surface area contributed by atoms with E-state index in [0.717, 1.165) is 37.1 Å². The van der Waals surface area contributed by atoms with Gasteiger partial charge in [0.15, 0.2) is 6.61 Å². The minimum atomic E-state index is -0.409. The first-order valence-electron chi connectivity index (χ1n) is 15.9. The van der Waals surface area contributed by atoms with E-state index in [4.69, 9.17) is 4.74 Å². The van der Waals surface area contributed by atoms with Gasteiger partial charge in [-0.3, -0.25) is 24.1 Å². The summed E-state index contributed by atoms with van der Waals surface area (Å²) in [7, 11) is 0. The lowest BCUT2D eigenvalue weighted by Gasteiger charge is -2.43. The molecular formula is C37H28BrN3O5S2. The highest BCUT2D eigenvalue weighted by atomic mass is 79.9. The van der Waals surface area contributed by atoms with Crippen LogP contribution in [0, 0.1) is 29.6 Å². The summed E-state index contributed by atoms with van der Waals surface area (Å²) in [5.41, 5.74) is 2.15. The molecule has 3 heterocycles. The third-order valence-electron chi connectivity index (χ3n) is 10.4. The van der Waals surface area contributed by atoms with Gasteiger partial charge in [-0.2, -0.15) is 0 Å². The smallest absolute Gasteiger partial charge is 0.305 e. The van der Waals surface area contributed by atoms with Crippen LogP contribution in [-0.4, -0.2) is 34.6 Å². The van der Waals surface area contributed by atoms with Gasteiger partial charge in [-0.15, -0.1) is 11.8 Å². The fourth-order valence-electron chi connectivity index (χ4n) is 8.70. The Kier molecular flexibility index (Phi) is 7.14. The average Bonchev–Trinajstić information content (AvgIpc) is 3.83. The first-order chi connectivity index (χ1) is 23.4. The molecule has 2 aliphatic carbocycles. The summed E-state index contributed by atoms with van der Waals surface area (Å²) in [4.78, 5) is 59.1. The summed E-state index contributed by atoms with van der Waals surface area (Å²) >= 11 is 6.49. The van der Waals surface area contributed by atoms with E-state index >= 15 is 0 Å². The number of thiazole rings is 1. The molecule has 4 aliphatic rings. The van der Waals surface area contributed by atoms with Gasteiger partial charge in [0.1, 0.15) is 5.75 Å². The monoisotopic (exact) mass is 737 g/mol. The molecule has 0 spiro atoms. The SMILES string of the molecule is O=C(COc1ccc(Br)cc1[C@H]1c2sc(=O)[nH]c2SC2C1[C@H]1C[C@@H]2C2C(=O)N(c3ccccc3)C(=O)C21)Nc1ccc2ccccc2c1. The van der Waals surface area contributed by atoms with Gasteiger partial charge in [0.2, 0.25) is 11.8 Å². The van der Waals surface area contributed by atoms with Crippen LogP contribution in [0.15, 0.2) is 105 Å². The normalized spacial score (nSPS) is 26.8. The number of hydrogen-bond acceptors (Lipinski definition) is 7. The van der Waals surface area contributed by atoms with E-state index in [9.17, 15) is 19.2 Å². The van der Waals surface area contributed by atoms with Crippen molar-refractivity contribution >= 4 is 78.9 Å². The molecule has 3 fully saturated rings. The van der Waals surface area contributed by atoms with E-state index in [1.54, 1.807) is 11.8 Å². The number of benzene rings is 4. The number of imide groups is 1. The molecule has 2 N–H and O–H groups in total. The number of aromatic amines is 1. The number of para-hydroxylation sites is 1. The highest BCUT2D eigenvalue weighted by Gasteiger charge is 2.69. The van der Waals surface area contributed by atoms with E-state index in [0.29, 0.717) is 17.1 Å². The summed E-state index contributed by atoms with van der Waals surface area (Å²) in [6.45, 7) is -0.205. The minimum absolute atomic E-state index is 0.00321. The summed E-state index contributed by atoms with van der Waals surface area (Å²) < 4.78 is 7.11. The zero-order chi connectivity index (χ0) is 32.7. The van der Waals surface area contributed by atoms with Crippen molar-refractivity contribution in [3.63, 3.8) is 0 Å². The van der Waals surface area contributed by atoms with Gasteiger partial charge >= 0.3 is 4.87 Å². The number of carbonyl (C=O) groups excluding carboxylic acids is 3. The van der Waals surface area contributed by atoms with E-state index in [1.807, 2.05) is 91.0 Å². The zero-order valence-corrected chi connectivity index (χ0v) is 28.5. The van der Waals surface area contributed by atoms with Gasteiger partial charge in [0.05, 0.1) is 22.5 Å². The van der Waals surface area contributed by atoms with Crippen molar-refractivity contribution in [2.24, 2.45) is 29.6 Å². The number of amides is 3. The standard InChI is InChI=1S/C37H28BrN3O5S2/c38-20-11-13-26(46-17-27(42)39-21-12-10-18-6-4-5-7-19(18)14-21)23(15-20)28-29-24-16-25(32(29)47-34-33(28)48-37(45)40-34)31-30(24)35(43)41(36(31)44)22-8-2-1-3-9-22/h1-15,24-25,28-32H,16-17H2,(H,39,42)(H,40,45)/t24-,25-,28-,29?,30?,31?,32?/m1/s1. The number of carbonyl (C=O) groups is 3. The number of thioether (sulfide) groups is 1. The van der Waals surface area contributed by atoms with Crippen LogP contribution in [0.4, 0.5) is 11.4 Å². The molecule has 2 saturated carbocycles. The Morgan fingerprint density at radius 1 is 0.896 bits per heavy atom. The van der Waals surface area contributed by atoms with Crippen LogP contribution in [0.25, 0.3) is 10.8 Å². The molecule has 3 amide bonds. The van der Waals surface area contributed by atoms with Gasteiger partial charge in [0, 0.05) is 31.8 Å². The number of hydrogen-bond donors (Lipinski definition) is 2. The van der Waals surface area contributed by atoms with Crippen molar-refractivity contribution < 1.29 is 19.1 Å². The summed E-state index contributed by atoms with van der Waals surface area (Å²) in [5.74, 6) is -1.07. The number of aromatic nitrogens is 1. The van der Waals surface area contributed by atoms with Crippen molar-refractivity contribution in [3.05, 3.63) is 116 Å². The summed E-state index contributed by atoms with van der Waals surface area (Å²) in [6, 6.07) is 28.7. The number of anilines is 2. The average molecular weight is 739 g/mol. The molecule has 8 nitrogen and oxygen atoms in total. The molecule has 1 saturated heterocycles. The number of nitrogens with one attached hydrogen (secondary N) is 2. The Hall–Kier alpha value is -4.19. The van der Waals surface area contributed by atoms with Crippen LogP contribution >= 0.6 is 39.0 Å². The lowest BCUT2D eigenvalue weighted by atomic mass is 9.68. The van der Waals surface area contributed by atoms with Crippen molar-refractivity contribution in [2.45, 2.75) is 22.6 Å². The number of nitrogens with zero attached hydrogens (tertiary/aromatic N) is 1. The molecule has 4 aromatic carbocycles. The van der Waals surface area contributed by atoms with Crippen LogP contribution in [0.1, 0.15) is 22.8 Å². The first kappa shape index (κ1) is 29.9. The van der Waals surface area contributed by atoms with Crippen molar-refractivity contribution in [1.29, 1.82) is 0 Å². The minimum Gasteiger partial charge on any atom is -0.483 e. The molecule has 7 atom stereocenters. The topological polar surface area (TPSA) is 109 Å². The molecule has 2 aliphatic heterocycles. The van der Waals surface area contributed by atoms with Crippen LogP contribution < -0.4 is 19.8 Å². The van der Waals surface area contributed by atoms with Gasteiger partial charge in [-0.1, -0.05) is 75.8 Å². The van der Waals surface area contributed by atoms with Crippen molar-refractivity contribution in [3.8, 4) is 5.75 Å². The molecule has 1 aromatic heterocycles. The van der Waals surface area contributed by atoms with Gasteiger partial charge in [-0.05, 0) is 77.4 Å². The first-order valence-corrected chi connectivity index (χ1v) is 18.4. The molecule has 48 heavy (non-hydrogen) atoms. The van der Waals surface area contributed by atoms with Crippen LogP contribution in [0.3, 0.4) is 0 Å². The molecular weight excluding hydrogens is 710 g/mol. The summed E-state index contributed by atoms with van der Waals surface area (Å²) in [6.07, 6.45) is 0.784. The third kappa shape index (κ3) is 4.69. The Morgan fingerprint density at radius 2 is 1.65 bits per heavy atom. The number of rotatable bonds is 6. The largest absolute Gasteiger partial charge is 0.483 e. The molecule has 5 aromatic rings. The predicted octanol–water partition coefficient (Wildman–Crippen LogP) is 7.05.